The van der Waals surface area contributed by atoms with Crippen LogP contribution >= 0.6 is 0 Å². The molecule has 25 heavy (non-hydrogen) atoms. The average molecular weight is 350 g/mol. The van der Waals surface area contributed by atoms with E-state index in [2.05, 4.69) is 51.1 Å². The van der Waals surface area contributed by atoms with Crippen LogP contribution < -0.4 is 4.48 Å². The number of rotatable bonds is 15. The number of hydrogen-bond acceptors (Lipinski definition) is 1. The largest absolute Gasteiger partial charge is 0.870 e. The number of quaternary nitrogens is 1. The van der Waals surface area contributed by atoms with Gasteiger partial charge >= 0.3 is 0 Å². The standard InChI is InChI=1S/C23H42N.H2O/c1-4-7-10-11-17-22-24(20-15-8-5-2,21-16-9-6-3)23-18-13-12-14-19-23;/h12-14,18-19H,4-11,15-17,20-22H2,1-3H3;1H2/q+1;/p-1. The van der Waals surface area contributed by atoms with Gasteiger partial charge < -0.3 is 5.48 Å². The highest BCUT2D eigenvalue weighted by atomic mass is 16.0. The van der Waals surface area contributed by atoms with Crippen molar-refractivity contribution in [3.8, 4) is 0 Å². The highest BCUT2D eigenvalue weighted by Crippen LogP contribution is 2.27. The molecule has 2 nitrogen and oxygen atoms in total. The molecule has 1 aromatic carbocycles. The van der Waals surface area contributed by atoms with Crippen molar-refractivity contribution in [3.63, 3.8) is 0 Å². The van der Waals surface area contributed by atoms with Gasteiger partial charge in [-0.3, -0.25) is 4.48 Å². The maximum Gasteiger partial charge on any atom is 0.132 e. The molecule has 0 bridgehead atoms. The van der Waals surface area contributed by atoms with Crippen molar-refractivity contribution in [2.24, 2.45) is 0 Å². The molecule has 0 spiro atoms. The van der Waals surface area contributed by atoms with Gasteiger partial charge in [0, 0.05) is 0 Å². The predicted molar refractivity (Wildman–Crippen MR) is 113 cm³/mol. The zero-order valence-electron chi connectivity index (χ0n) is 17.2. The summed E-state index contributed by atoms with van der Waals surface area (Å²) in [5.74, 6) is 0. The first kappa shape index (κ1) is 24.1. The van der Waals surface area contributed by atoms with Crippen molar-refractivity contribution < 1.29 is 5.48 Å². The summed E-state index contributed by atoms with van der Waals surface area (Å²) in [6.45, 7) is 10.9. The third kappa shape index (κ3) is 9.42. The first-order valence-corrected chi connectivity index (χ1v) is 10.7. The maximum absolute atomic E-state index is 2.38. The number of hydrogen-bond donors (Lipinski definition) is 0. The molecule has 0 unspecified atom stereocenters. The smallest absolute Gasteiger partial charge is 0.132 e. The zero-order chi connectivity index (χ0) is 17.5. The lowest BCUT2D eigenvalue weighted by molar-refractivity contribution is 0.254. The molecule has 0 aliphatic heterocycles. The molecule has 1 rings (SSSR count). The lowest BCUT2D eigenvalue weighted by Crippen LogP contribution is -2.51. The molecule has 0 aliphatic rings. The topological polar surface area (TPSA) is 30.0 Å². The zero-order valence-corrected chi connectivity index (χ0v) is 17.2. The molecule has 0 atom stereocenters. The second-order valence-corrected chi connectivity index (χ2v) is 7.48. The van der Waals surface area contributed by atoms with Crippen molar-refractivity contribution in [1.82, 2.24) is 4.48 Å². The lowest BCUT2D eigenvalue weighted by Gasteiger charge is -2.39. The molecule has 0 aliphatic carbocycles. The Balaban J connectivity index is 0.00000576. The van der Waals surface area contributed by atoms with Gasteiger partial charge in [-0.2, -0.15) is 0 Å². The first-order valence-electron chi connectivity index (χ1n) is 10.7. The number of para-hydroxylation sites is 1. The van der Waals surface area contributed by atoms with Crippen LogP contribution in [0.25, 0.3) is 0 Å². The van der Waals surface area contributed by atoms with Crippen LogP contribution in [-0.4, -0.2) is 25.1 Å². The first-order chi connectivity index (χ1) is 11.8. The van der Waals surface area contributed by atoms with Gasteiger partial charge in [-0.05, 0) is 50.7 Å². The summed E-state index contributed by atoms with van der Waals surface area (Å²) in [5.41, 5.74) is 1.56. The van der Waals surface area contributed by atoms with E-state index in [1.54, 1.807) is 5.69 Å². The van der Waals surface area contributed by atoms with Gasteiger partial charge in [0.05, 0.1) is 19.6 Å². The van der Waals surface area contributed by atoms with Crippen LogP contribution in [0.15, 0.2) is 30.3 Å². The van der Waals surface area contributed by atoms with Crippen molar-refractivity contribution in [3.05, 3.63) is 30.3 Å². The highest BCUT2D eigenvalue weighted by molar-refractivity contribution is 5.42. The van der Waals surface area contributed by atoms with Crippen LogP contribution in [0.1, 0.15) is 91.4 Å². The molecule has 0 saturated carbocycles. The summed E-state index contributed by atoms with van der Waals surface area (Å²) in [6, 6.07) is 11.4. The molecule has 0 fully saturated rings. The van der Waals surface area contributed by atoms with E-state index in [1.807, 2.05) is 0 Å². The van der Waals surface area contributed by atoms with Crippen LogP contribution in [0.4, 0.5) is 5.69 Å². The third-order valence-corrected chi connectivity index (χ3v) is 5.37. The molecule has 0 amide bonds. The second-order valence-electron chi connectivity index (χ2n) is 7.48. The fourth-order valence-corrected chi connectivity index (χ4v) is 3.81. The summed E-state index contributed by atoms with van der Waals surface area (Å²) in [7, 11) is 0. The summed E-state index contributed by atoms with van der Waals surface area (Å²) < 4.78 is 1.23. The average Bonchev–Trinajstić information content (AvgIpc) is 2.62. The number of nitrogens with zero attached hydrogens (tertiary/aromatic N) is 1. The van der Waals surface area contributed by atoms with Crippen molar-refractivity contribution in [2.75, 3.05) is 19.6 Å². The fraction of sp³-hybridized carbons (Fsp3) is 0.739. The highest BCUT2D eigenvalue weighted by Gasteiger charge is 2.28. The van der Waals surface area contributed by atoms with Gasteiger partial charge in [0.2, 0.25) is 0 Å². The summed E-state index contributed by atoms with van der Waals surface area (Å²) >= 11 is 0. The van der Waals surface area contributed by atoms with Crippen LogP contribution in [0.5, 0.6) is 0 Å². The van der Waals surface area contributed by atoms with E-state index >= 15 is 0 Å². The van der Waals surface area contributed by atoms with Gasteiger partial charge in [0.15, 0.2) is 0 Å². The van der Waals surface area contributed by atoms with Gasteiger partial charge in [0.1, 0.15) is 5.69 Å². The minimum absolute atomic E-state index is 0. The maximum atomic E-state index is 2.38. The van der Waals surface area contributed by atoms with E-state index in [0.717, 1.165) is 0 Å². The Morgan fingerprint density at radius 2 is 0.960 bits per heavy atom. The molecule has 1 aromatic rings. The van der Waals surface area contributed by atoms with E-state index in [0.29, 0.717) is 0 Å². The molecule has 0 radical (unpaired) electrons. The monoisotopic (exact) mass is 349 g/mol. The van der Waals surface area contributed by atoms with E-state index in [4.69, 9.17) is 0 Å². The SMILES string of the molecule is CCCCCCC[N+](CCCCC)(CCCCC)c1ccccc1.[OH-]. The Labute approximate surface area is 157 Å². The Kier molecular flexibility index (Phi) is 14.9. The number of unbranched alkanes of at least 4 members (excludes halogenated alkanes) is 8. The minimum atomic E-state index is 0. The normalized spacial score (nSPS) is 11.3. The lowest BCUT2D eigenvalue weighted by atomic mass is 10.1. The third-order valence-electron chi connectivity index (χ3n) is 5.37. The Hall–Kier alpha value is -0.860. The predicted octanol–water partition coefficient (Wildman–Crippen LogP) is 7.17. The molecule has 1 N–H and O–H groups in total. The molecular formula is C23H43NO. The molecule has 146 valence electrons. The Bertz CT molecular complexity index is 380. The van der Waals surface area contributed by atoms with Crippen LogP contribution in [-0.2, 0) is 0 Å². The van der Waals surface area contributed by atoms with E-state index in [9.17, 15) is 0 Å². The van der Waals surface area contributed by atoms with Crippen molar-refractivity contribution in [2.45, 2.75) is 91.4 Å². The molecular weight excluding hydrogens is 306 g/mol. The van der Waals surface area contributed by atoms with E-state index < -0.39 is 0 Å². The van der Waals surface area contributed by atoms with Crippen LogP contribution in [0.3, 0.4) is 0 Å². The van der Waals surface area contributed by atoms with Crippen molar-refractivity contribution >= 4 is 5.69 Å². The summed E-state index contributed by atoms with van der Waals surface area (Å²) in [5, 5.41) is 0. The quantitative estimate of drug-likeness (QED) is 0.244. The fourth-order valence-electron chi connectivity index (χ4n) is 3.81. The number of benzene rings is 1. The molecule has 0 aromatic heterocycles. The van der Waals surface area contributed by atoms with Crippen LogP contribution in [0, 0.1) is 0 Å². The molecule has 2 heteroatoms. The van der Waals surface area contributed by atoms with Crippen molar-refractivity contribution in [1.29, 1.82) is 0 Å². The van der Waals surface area contributed by atoms with Gasteiger partial charge in [-0.25, -0.2) is 0 Å². The summed E-state index contributed by atoms with van der Waals surface area (Å²) in [4.78, 5) is 0. The summed E-state index contributed by atoms with van der Waals surface area (Å²) in [6.07, 6.45) is 15.1. The van der Waals surface area contributed by atoms with Gasteiger partial charge in [-0.15, -0.1) is 0 Å². The van der Waals surface area contributed by atoms with Gasteiger partial charge in [-0.1, -0.05) is 71.1 Å². The van der Waals surface area contributed by atoms with E-state index in [-0.39, 0.29) is 5.48 Å². The minimum Gasteiger partial charge on any atom is -0.870 e. The Morgan fingerprint density at radius 1 is 0.560 bits per heavy atom. The van der Waals surface area contributed by atoms with Crippen LogP contribution in [0.2, 0.25) is 0 Å². The Morgan fingerprint density at radius 3 is 1.44 bits per heavy atom. The molecule has 0 saturated heterocycles. The van der Waals surface area contributed by atoms with Gasteiger partial charge in [0.25, 0.3) is 0 Å². The van der Waals surface area contributed by atoms with E-state index in [1.165, 1.54) is 94.7 Å². The molecule has 0 heterocycles. The second kappa shape index (κ2) is 15.4.